The number of anilines is 1. The maximum Gasteiger partial charge on any atom is 0.302 e. The summed E-state index contributed by atoms with van der Waals surface area (Å²) in [5.74, 6) is -0.894. The Hall–Kier alpha value is -4.46. The number of hydrogen-bond acceptors (Lipinski definition) is 6. The second kappa shape index (κ2) is 8.72. The van der Waals surface area contributed by atoms with Gasteiger partial charge in [0, 0.05) is 18.0 Å². The van der Waals surface area contributed by atoms with Crippen molar-refractivity contribution in [3.8, 4) is 5.75 Å². The fourth-order valence-corrected chi connectivity index (χ4v) is 4.41. The molecule has 0 bridgehead atoms. The topological polar surface area (TPSA) is 108 Å². The van der Waals surface area contributed by atoms with Crippen LogP contribution in [0.1, 0.15) is 35.2 Å². The number of benzene rings is 2. The van der Waals surface area contributed by atoms with E-state index in [-0.39, 0.29) is 17.3 Å². The molecule has 1 fully saturated rings. The highest BCUT2D eigenvalue weighted by Gasteiger charge is 2.48. The average molecular weight is 469 g/mol. The summed E-state index contributed by atoms with van der Waals surface area (Å²) in [6.45, 7) is 6.22. The maximum atomic E-state index is 13.3. The van der Waals surface area contributed by atoms with Crippen molar-refractivity contribution in [3.63, 3.8) is 0 Å². The minimum atomic E-state index is -0.883. The zero-order chi connectivity index (χ0) is 24.7. The Kier molecular flexibility index (Phi) is 5.56. The lowest BCUT2D eigenvalue weighted by Crippen LogP contribution is -2.30. The van der Waals surface area contributed by atoms with Gasteiger partial charge in [0.05, 0.1) is 29.3 Å². The zero-order valence-corrected chi connectivity index (χ0v) is 19.6. The summed E-state index contributed by atoms with van der Waals surface area (Å²) in [4.78, 5) is 39.7. The van der Waals surface area contributed by atoms with E-state index in [4.69, 9.17) is 4.74 Å². The number of carbonyl (C=O) groups excluding carboxylic acids is 2. The molecule has 3 heterocycles. The van der Waals surface area contributed by atoms with Crippen molar-refractivity contribution in [2.75, 3.05) is 11.5 Å². The van der Waals surface area contributed by atoms with Crippen LogP contribution in [0.3, 0.4) is 0 Å². The van der Waals surface area contributed by atoms with Gasteiger partial charge in [-0.15, -0.1) is 0 Å². The van der Waals surface area contributed by atoms with Crippen molar-refractivity contribution in [1.82, 2.24) is 15.0 Å². The molecule has 0 saturated carbocycles. The molecule has 0 aliphatic carbocycles. The molecule has 1 atom stereocenters. The SMILES string of the molecule is CCOc1ccc(/C(O)=C2\C(=O)C(=O)N(c3nc4ccc(C)cc4[nH]3)C2c2ccncc2)cc1C. The lowest BCUT2D eigenvalue weighted by molar-refractivity contribution is -0.132. The number of rotatable bonds is 5. The maximum absolute atomic E-state index is 13.3. The van der Waals surface area contributed by atoms with Gasteiger partial charge in [0.15, 0.2) is 0 Å². The first-order valence-electron chi connectivity index (χ1n) is 11.3. The van der Waals surface area contributed by atoms with E-state index in [0.29, 0.717) is 29.0 Å². The van der Waals surface area contributed by atoms with Gasteiger partial charge in [-0.3, -0.25) is 19.5 Å². The third-order valence-corrected chi connectivity index (χ3v) is 6.07. The largest absolute Gasteiger partial charge is 0.507 e. The highest BCUT2D eigenvalue weighted by atomic mass is 16.5. The van der Waals surface area contributed by atoms with Crippen LogP contribution in [0.5, 0.6) is 5.75 Å². The number of amides is 1. The van der Waals surface area contributed by atoms with Crippen molar-refractivity contribution in [1.29, 1.82) is 0 Å². The number of pyridine rings is 1. The molecule has 1 saturated heterocycles. The van der Waals surface area contributed by atoms with Gasteiger partial charge in [-0.25, -0.2) is 4.98 Å². The molecule has 2 N–H and O–H groups in total. The molecule has 35 heavy (non-hydrogen) atoms. The van der Waals surface area contributed by atoms with Gasteiger partial charge in [-0.05, 0) is 79.9 Å². The number of aliphatic hydroxyl groups excluding tert-OH is 1. The summed E-state index contributed by atoms with van der Waals surface area (Å²) in [7, 11) is 0. The molecule has 1 aliphatic heterocycles. The Morgan fingerprint density at radius 3 is 2.57 bits per heavy atom. The van der Waals surface area contributed by atoms with Crippen molar-refractivity contribution in [2.45, 2.75) is 26.8 Å². The molecule has 5 rings (SSSR count). The first kappa shape index (κ1) is 22.3. The van der Waals surface area contributed by atoms with E-state index in [1.807, 2.05) is 39.0 Å². The fraction of sp³-hybridized carbons (Fsp3) is 0.185. The predicted octanol–water partition coefficient (Wildman–Crippen LogP) is 4.60. The van der Waals surface area contributed by atoms with Gasteiger partial charge in [0.1, 0.15) is 11.5 Å². The number of Topliss-reactive ketones (excluding diaryl/α,β-unsaturated/α-hetero) is 1. The Bertz CT molecular complexity index is 1490. The summed E-state index contributed by atoms with van der Waals surface area (Å²) in [6.07, 6.45) is 3.16. The summed E-state index contributed by atoms with van der Waals surface area (Å²) in [6, 6.07) is 13.4. The number of aromatic amines is 1. The van der Waals surface area contributed by atoms with Crippen LogP contribution in [0.2, 0.25) is 0 Å². The van der Waals surface area contributed by atoms with Crippen LogP contribution >= 0.6 is 0 Å². The second-order valence-corrected chi connectivity index (χ2v) is 8.44. The van der Waals surface area contributed by atoms with E-state index in [0.717, 1.165) is 16.6 Å². The van der Waals surface area contributed by atoms with E-state index in [1.54, 1.807) is 42.7 Å². The van der Waals surface area contributed by atoms with Gasteiger partial charge in [-0.1, -0.05) is 6.07 Å². The summed E-state index contributed by atoms with van der Waals surface area (Å²) in [5.41, 5.74) is 4.29. The molecule has 1 unspecified atom stereocenters. The monoisotopic (exact) mass is 468 g/mol. The van der Waals surface area contributed by atoms with Crippen molar-refractivity contribution < 1.29 is 19.4 Å². The molecular formula is C27H24N4O4. The van der Waals surface area contributed by atoms with Gasteiger partial charge in [0.25, 0.3) is 5.78 Å². The quantitative estimate of drug-likeness (QED) is 0.252. The molecule has 1 amide bonds. The molecule has 8 nitrogen and oxygen atoms in total. The highest BCUT2D eigenvalue weighted by molar-refractivity contribution is 6.51. The van der Waals surface area contributed by atoms with Crippen molar-refractivity contribution in [3.05, 3.63) is 88.8 Å². The number of hydrogen-bond donors (Lipinski definition) is 2. The van der Waals surface area contributed by atoms with Gasteiger partial charge in [-0.2, -0.15) is 0 Å². The predicted molar refractivity (Wildman–Crippen MR) is 132 cm³/mol. The first-order valence-corrected chi connectivity index (χ1v) is 11.3. The van der Waals surface area contributed by atoms with Crippen LogP contribution in [-0.2, 0) is 9.59 Å². The van der Waals surface area contributed by atoms with Crippen LogP contribution in [0.15, 0.2) is 66.5 Å². The molecule has 4 aromatic rings. The number of ether oxygens (including phenoxy) is 1. The van der Waals surface area contributed by atoms with Crippen molar-refractivity contribution in [2.24, 2.45) is 0 Å². The first-order chi connectivity index (χ1) is 16.9. The Labute approximate surface area is 201 Å². The minimum Gasteiger partial charge on any atom is -0.507 e. The standard InChI is InChI=1S/C27H24N4O4/c1-4-35-21-8-6-18(14-16(21)3)24(32)22-23(17-9-11-28-12-10-17)31(26(34)25(22)33)27-29-19-7-5-15(2)13-20(19)30-27/h5-14,23,32H,4H2,1-3H3,(H,29,30)/b24-22+. The number of carbonyl (C=O) groups is 2. The molecule has 0 radical (unpaired) electrons. The number of aromatic nitrogens is 3. The molecule has 0 spiro atoms. The number of aliphatic hydroxyl groups is 1. The normalized spacial score (nSPS) is 17.3. The van der Waals surface area contributed by atoms with E-state index in [9.17, 15) is 14.7 Å². The van der Waals surface area contributed by atoms with E-state index >= 15 is 0 Å². The Morgan fingerprint density at radius 1 is 1.09 bits per heavy atom. The van der Waals surface area contributed by atoms with E-state index in [2.05, 4.69) is 15.0 Å². The molecular weight excluding hydrogens is 444 g/mol. The highest BCUT2D eigenvalue weighted by Crippen LogP contribution is 2.41. The Morgan fingerprint density at radius 2 is 1.86 bits per heavy atom. The lowest BCUT2D eigenvalue weighted by atomic mass is 9.95. The van der Waals surface area contributed by atoms with Crippen LogP contribution in [0, 0.1) is 13.8 Å². The minimum absolute atomic E-state index is 0.0126. The molecule has 2 aromatic carbocycles. The van der Waals surface area contributed by atoms with Gasteiger partial charge >= 0.3 is 5.91 Å². The smallest absolute Gasteiger partial charge is 0.302 e. The summed E-state index contributed by atoms with van der Waals surface area (Å²) < 4.78 is 5.59. The molecule has 176 valence electrons. The summed E-state index contributed by atoms with van der Waals surface area (Å²) in [5, 5.41) is 11.3. The fourth-order valence-electron chi connectivity index (χ4n) is 4.41. The number of fused-ring (bicyclic) bond motifs is 1. The second-order valence-electron chi connectivity index (χ2n) is 8.44. The third kappa shape index (κ3) is 3.82. The molecule has 1 aliphatic rings. The molecule has 8 heteroatoms. The van der Waals surface area contributed by atoms with E-state index in [1.165, 1.54) is 4.90 Å². The van der Waals surface area contributed by atoms with Gasteiger partial charge < -0.3 is 14.8 Å². The van der Waals surface area contributed by atoms with Crippen LogP contribution in [0.25, 0.3) is 16.8 Å². The number of aryl methyl sites for hydroxylation is 2. The number of imidazole rings is 1. The average Bonchev–Trinajstić information content (AvgIpc) is 3.38. The lowest BCUT2D eigenvalue weighted by Gasteiger charge is -2.23. The number of nitrogens with zero attached hydrogens (tertiary/aromatic N) is 3. The van der Waals surface area contributed by atoms with Gasteiger partial charge in [0.2, 0.25) is 5.95 Å². The number of nitrogens with one attached hydrogen (secondary N) is 1. The third-order valence-electron chi connectivity index (χ3n) is 6.07. The zero-order valence-electron chi connectivity index (χ0n) is 19.6. The number of H-pyrrole nitrogens is 1. The Balaban J connectivity index is 1.69. The number of ketones is 1. The summed E-state index contributed by atoms with van der Waals surface area (Å²) >= 11 is 0. The van der Waals surface area contributed by atoms with E-state index < -0.39 is 17.7 Å². The van der Waals surface area contributed by atoms with Crippen LogP contribution in [-0.4, -0.2) is 38.4 Å². The van der Waals surface area contributed by atoms with Crippen LogP contribution in [0.4, 0.5) is 5.95 Å². The van der Waals surface area contributed by atoms with Crippen LogP contribution < -0.4 is 9.64 Å². The molecule has 2 aromatic heterocycles. The van der Waals surface area contributed by atoms with Crippen molar-refractivity contribution >= 4 is 34.4 Å².